The van der Waals surface area contributed by atoms with Crippen LogP contribution in [-0.2, 0) is 9.53 Å². The van der Waals surface area contributed by atoms with Crippen LogP contribution in [0.4, 0.5) is 10.1 Å². The van der Waals surface area contributed by atoms with Gasteiger partial charge in [0, 0.05) is 13.2 Å². The Morgan fingerprint density at radius 1 is 1.53 bits per heavy atom. The van der Waals surface area contributed by atoms with Crippen LogP contribution in [0, 0.1) is 5.82 Å². The number of benzene rings is 1. The SMILES string of the molecule is CCOc1cc(F)ccc1NC(=O)C(C)OC. The maximum Gasteiger partial charge on any atom is 0.253 e. The molecule has 17 heavy (non-hydrogen) atoms. The summed E-state index contributed by atoms with van der Waals surface area (Å²) in [5, 5.41) is 2.62. The Hall–Kier alpha value is -1.62. The van der Waals surface area contributed by atoms with Crippen molar-refractivity contribution in [3.8, 4) is 5.75 Å². The maximum atomic E-state index is 13.0. The third-order valence-electron chi connectivity index (χ3n) is 2.22. The standard InChI is InChI=1S/C12H16FNO3/c1-4-17-11-7-9(13)5-6-10(11)14-12(15)8(2)16-3/h5-8H,4H2,1-3H3,(H,14,15). The summed E-state index contributed by atoms with van der Waals surface area (Å²) in [6.07, 6.45) is -0.575. The number of halogens is 1. The summed E-state index contributed by atoms with van der Waals surface area (Å²) in [6.45, 7) is 3.81. The van der Waals surface area contributed by atoms with Gasteiger partial charge in [-0.2, -0.15) is 0 Å². The van der Waals surface area contributed by atoms with Crippen molar-refractivity contribution < 1.29 is 18.7 Å². The molecule has 0 heterocycles. The van der Waals surface area contributed by atoms with Crippen LogP contribution >= 0.6 is 0 Å². The lowest BCUT2D eigenvalue weighted by atomic mass is 10.2. The first-order valence-corrected chi connectivity index (χ1v) is 5.34. The molecule has 5 heteroatoms. The van der Waals surface area contributed by atoms with Gasteiger partial charge in [-0.05, 0) is 26.0 Å². The number of rotatable bonds is 5. The first kappa shape index (κ1) is 13.4. The first-order valence-electron chi connectivity index (χ1n) is 5.34. The Bertz CT molecular complexity index is 395. The van der Waals surface area contributed by atoms with E-state index in [-0.39, 0.29) is 5.91 Å². The molecule has 0 bridgehead atoms. The predicted molar refractivity (Wildman–Crippen MR) is 62.7 cm³/mol. The van der Waals surface area contributed by atoms with Gasteiger partial charge in [0.15, 0.2) is 0 Å². The Morgan fingerprint density at radius 3 is 2.82 bits per heavy atom. The van der Waals surface area contributed by atoms with E-state index in [1.165, 1.54) is 25.3 Å². The van der Waals surface area contributed by atoms with Gasteiger partial charge in [-0.3, -0.25) is 4.79 Å². The van der Waals surface area contributed by atoms with E-state index in [1.807, 2.05) is 0 Å². The smallest absolute Gasteiger partial charge is 0.253 e. The highest BCUT2D eigenvalue weighted by Crippen LogP contribution is 2.25. The summed E-state index contributed by atoms with van der Waals surface area (Å²) in [5.41, 5.74) is 0.433. The predicted octanol–water partition coefficient (Wildman–Crippen LogP) is 2.20. The number of carbonyl (C=O) groups is 1. The van der Waals surface area contributed by atoms with Crippen molar-refractivity contribution in [1.29, 1.82) is 0 Å². The quantitative estimate of drug-likeness (QED) is 0.859. The monoisotopic (exact) mass is 241 g/mol. The van der Waals surface area contributed by atoms with E-state index in [0.29, 0.717) is 18.0 Å². The molecule has 0 saturated carbocycles. The Balaban J connectivity index is 2.86. The summed E-state index contributed by atoms with van der Waals surface area (Å²) in [5.74, 6) is -0.407. The van der Waals surface area contributed by atoms with Crippen LogP contribution in [0.15, 0.2) is 18.2 Å². The number of methoxy groups -OCH3 is 1. The van der Waals surface area contributed by atoms with Gasteiger partial charge in [0.2, 0.25) is 0 Å². The van der Waals surface area contributed by atoms with Crippen LogP contribution in [-0.4, -0.2) is 25.7 Å². The van der Waals surface area contributed by atoms with Gasteiger partial charge < -0.3 is 14.8 Å². The van der Waals surface area contributed by atoms with Gasteiger partial charge in [0.25, 0.3) is 5.91 Å². The van der Waals surface area contributed by atoms with Gasteiger partial charge in [0.1, 0.15) is 17.7 Å². The average molecular weight is 241 g/mol. The highest BCUT2D eigenvalue weighted by atomic mass is 19.1. The fraction of sp³-hybridized carbons (Fsp3) is 0.417. The number of hydrogen-bond acceptors (Lipinski definition) is 3. The lowest BCUT2D eigenvalue weighted by Gasteiger charge is -2.14. The van der Waals surface area contributed by atoms with E-state index in [0.717, 1.165) is 0 Å². The zero-order valence-corrected chi connectivity index (χ0v) is 10.1. The topological polar surface area (TPSA) is 47.6 Å². The molecule has 0 spiro atoms. The molecule has 1 aromatic carbocycles. The second kappa shape index (κ2) is 6.20. The highest BCUT2D eigenvalue weighted by molar-refractivity contribution is 5.95. The number of carbonyl (C=O) groups excluding carboxylic acids is 1. The lowest BCUT2D eigenvalue weighted by Crippen LogP contribution is -2.26. The first-order chi connectivity index (χ1) is 8.08. The van der Waals surface area contributed by atoms with Crippen molar-refractivity contribution in [3.05, 3.63) is 24.0 Å². The average Bonchev–Trinajstić information content (AvgIpc) is 2.31. The van der Waals surface area contributed by atoms with Gasteiger partial charge in [-0.15, -0.1) is 0 Å². The van der Waals surface area contributed by atoms with Crippen molar-refractivity contribution in [2.75, 3.05) is 19.0 Å². The van der Waals surface area contributed by atoms with Crippen LogP contribution in [0.25, 0.3) is 0 Å². The number of ether oxygens (including phenoxy) is 2. The lowest BCUT2D eigenvalue weighted by molar-refractivity contribution is -0.124. The molecule has 1 atom stereocenters. The molecule has 0 aliphatic rings. The van der Waals surface area contributed by atoms with Crippen molar-refractivity contribution >= 4 is 11.6 Å². The van der Waals surface area contributed by atoms with Crippen LogP contribution in [0.1, 0.15) is 13.8 Å². The normalized spacial score (nSPS) is 12.0. The van der Waals surface area contributed by atoms with E-state index in [4.69, 9.17) is 9.47 Å². The van der Waals surface area contributed by atoms with Crippen LogP contribution in [0.5, 0.6) is 5.75 Å². The number of amides is 1. The molecule has 0 saturated heterocycles. The molecule has 0 aliphatic carbocycles. The third-order valence-corrected chi connectivity index (χ3v) is 2.22. The van der Waals surface area contributed by atoms with Crippen molar-refractivity contribution in [1.82, 2.24) is 0 Å². The summed E-state index contributed by atoms with van der Waals surface area (Å²) in [6, 6.07) is 3.95. The van der Waals surface area contributed by atoms with Crippen molar-refractivity contribution in [2.24, 2.45) is 0 Å². The summed E-state index contributed by atoms with van der Waals surface area (Å²) < 4.78 is 23.1. The molecule has 0 aliphatic heterocycles. The largest absolute Gasteiger partial charge is 0.492 e. The van der Waals surface area contributed by atoms with E-state index in [2.05, 4.69) is 5.32 Å². The molecule has 1 N–H and O–H groups in total. The molecule has 0 radical (unpaired) electrons. The molecular formula is C12H16FNO3. The molecular weight excluding hydrogens is 225 g/mol. The molecule has 1 unspecified atom stereocenters. The van der Waals surface area contributed by atoms with E-state index in [1.54, 1.807) is 13.8 Å². The zero-order chi connectivity index (χ0) is 12.8. The summed E-state index contributed by atoms with van der Waals surface area (Å²) in [7, 11) is 1.44. The number of hydrogen-bond donors (Lipinski definition) is 1. The fourth-order valence-electron chi connectivity index (χ4n) is 1.22. The molecule has 1 rings (SSSR count). The van der Waals surface area contributed by atoms with Crippen LogP contribution in [0.3, 0.4) is 0 Å². The molecule has 1 aromatic rings. The van der Waals surface area contributed by atoms with Crippen LogP contribution < -0.4 is 10.1 Å². The maximum absolute atomic E-state index is 13.0. The molecule has 1 amide bonds. The number of anilines is 1. The van der Waals surface area contributed by atoms with Crippen molar-refractivity contribution in [3.63, 3.8) is 0 Å². The van der Waals surface area contributed by atoms with E-state index >= 15 is 0 Å². The van der Waals surface area contributed by atoms with Crippen molar-refractivity contribution in [2.45, 2.75) is 20.0 Å². The van der Waals surface area contributed by atoms with Crippen LogP contribution in [0.2, 0.25) is 0 Å². The Kier molecular flexibility index (Phi) is 4.90. The molecule has 4 nitrogen and oxygen atoms in total. The molecule has 0 fully saturated rings. The summed E-state index contributed by atoms with van der Waals surface area (Å²) in [4.78, 5) is 11.6. The second-order valence-corrected chi connectivity index (χ2v) is 3.44. The van der Waals surface area contributed by atoms with Gasteiger partial charge >= 0.3 is 0 Å². The minimum Gasteiger partial charge on any atom is -0.492 e. The molecule has 94 valence electrons. The Labute approximate surface area is 99.7 Å². The fourth-order valence-corrected chi connectivity index (χ4v) is 1.22. The van der Waals surface area contributed by atoms with E-state index in [9.17, 15) is 9.18 Å². The third kappa shape index (κ3) is 3.71. The van der Waals surface area contributed by atoms with Gasteiger partial charge in [0.05, 0.1) is 12.3 Å². The highest BCUT2D eigenvalue weighted by Gasteiger charge is 2.14. The summed E-state index contributed by atoms with van der Waals surface area (Å²) >= 11 is 0. The molecule has 0 aromatic heterocycles. The number of nitrogens with one attached hydrogen (secondary N) is 1. The van der Waals surface area contributed by atoms with E-state index < -0.39 is 11.9 Å². The second-order valence-electron chi connectivity index (χ2n) is 3.44. The van der Waals surface area contributed by atoms with Gasteiger partial charge in [-0.25, -0.2) is 4.39 Å². The van der Waals surface area contributed by atoms with Gasteiger partial charge in [-0.1, -0.05) is 0 Å². The zero-order valence-electron chi connectivity index (χ0n) is 10.1. The Morgan fingerprint density at radius 2 is 2.24 bits per heavy atom. The minimum absolute atomic E-state index is 0.305. The minimum atomic E-state index is -0.575.